The van der Waals surface area contributed by atoms with Crippen LogP contribution < -0.4 is 4.74 Å². The molecule has 0 unspecified atom stereocenters. The standard InChI is InChI=1S/C14H8BrF3OS/c15-8-1-3-12-10(5-8)11-6-9(2-4-13(11)20-12)19-7-14(16,17)18/h1-6H,7H2. The first-order chi connectivity index (χ1) is 9.42. The Morgan fingerprint density at radius 1 is 1.00 bits per heavy atom. The predicted molar refractivity (Wildman–Crippen MR) is 78.6 cm³/mol. The molecule has 6 heteroatoms. The van der Waals surface area contributed by atoms with Gasteiger partial charge >= 0.3 is 6.18 Å². The summed E-state index contributed by atoms with van der Waals surface area (Å²) < 4.78 is 44.4. The zero-order valence-corrected chi connectivity index (χ0v) is 12.4. The number of rotatable bonds is 2. The zero-order valence-electron chi connectivity index (χ0n) is 10.00. The van der Waals surface area contributed by atoms with Crippen LogP contribution in [0.4, 0.5) is 13.2 Å². The van der Waals surface area contributed by atoms with Crippen LogP contribution in [0.5, 0.6) is 5.75 Å². The summed E-state index contributed by atoms with van der Waals surface area (Å²) in [6, 6.07) is 10.9. The van der Waals surface area contributed by atoms with Crippen molar-refractivity contribution < 1.29 is 17.9 Å². The van der Waals surface area contributed by atoms with E-state index in [-0.39, 0.29) is 5.75 Å². The highest BCUT2D eigenvalue weighted by Crippen LogP contribution is 2.37. The normalized spacial score (nSPS) is 12.2. The summed E-state index contributed by atoms with van der Waals surface area (Å²) in [6.07, 6.45) is -4.32. The molecule has 0 N–H and O–H groups in total. The van der Waals surface area contributed by atoms with Crippen LogP contribution in [-0.2, 0) is 0 Å². The Labute approximate surface area is 125 Å². The van der Waals surface area contributed by atoms with E-state index in [1.807, 2.05) is 18.2 Å². The van der Waals surface area contributed by atoms with Gasteiger partial charge in [-0.25, -0.2) is 0 Å². The molecule has 104 valence electrons. The van der Waals surface area contributed by atoms with E-state index in [1.54, 1.807) is 29.5 Å². The van der Waals surface area contributed by atoms with Crippen molar-refractivity contribution in [1.82, 2.24) is 0 Å². The molecule has 0 amide bonds. The number of hydrogen-bond acceptors (Lipinski definition) is 2. The average molecular weight is 361 g/mol. The van der Waals surface area contributed by atoms with Gasteiger partial charge in [-0.2, -0.15) is 13.2 Å². The molecule has 0 atom stereocenters. The highest BCUT2D eigenvalue weighted by Gasteiger charge is 2.28. The molecule has 1 nitrogen and oxygen atoms in total. The largest absolute Gasteiger partial charge is 0.484 e. The second-order valence-electron chi connectivity index (χ2n) is 4.30. The fourth-order valence-corrected chi connectivity index (χ4v) is 3.41. The highest BCUT2D eigenvalue weighted by atomic mass is 79.9. The Morgan fingerprint density at radius 2 is 1.65 bits per heavy atom. The van der Waals surface area contributed by atoms with Crippen LogP contribution in [0.2, 0.25) is 0 Å². The Bertz CT molecular complexity index is 779. The molecule has 1 aromatic heterocycles. The van der Waals surface area contributed by atoms with Gasteiger partial charge in [0.05, 0.1) is 0 Å². The lowest BCUT2D eigenvalue weighted by atomic mass is 10.1. The third-order valence-electron chi connectivity index (χ3n) is 2.81. The first-order valence-electron chi connectivity index (χ1n) is 5.74. The van der Waals surface area contributed by atoms with Crippen molar-refractivity contribution in [3.8, 4) is 5.75 Å². The van der Waals surface area contributed by atoms with E-state index < -0.39 is 12.8 Å². The van der Waals surface area contributed by atoms with Gasteiger partial charge in [-0.3, -0.25) is 0 Å². The van der Waals surface area contributed by atoms with E-state index in [0.29, 0.717) is 0 Å². The number of fused-ring (bicyclic) bond motifs is 3. The number of hydrogen-bond donors (Lipinski definition) is 0. The summed E-state index contributed by atoms with van der Waals surface area (Å²) in [5.74, 6) is 0.231. The Kier molecular flexibility index (Phi) is 3.38. The molecule has 0 aliphatic heterocycles. The summed E-state index contributed by atoms with van der Waals surface area (Å²) >= 11 is 5.01. The molecule has 0 aliphatic carbocycles. The first-order valence-corrected chi connectivity index (χ1v) is 7.35. The van der Waals surface area contributed by atoms with Crippen LogP contribution >= 0.6 is 27.3 Å². The van der Waals surface area contributed by atoms with Crippen molar-refractivity contribution in [3.63, 3.8) is 0 Å². The second kappa shape index (κ2) is 4.93. The third-order valence-corrected chi connectivity index (χ3v) is 4.45. The maximum Gasteiger partial charge on any atom is 0.422 e. The fourth-order valence-electron chi connectivity index (χ4n) is 1.98. The molecule has 2 aromatic carbocycles. The second-order valence-corrected chi connectivity index (χ2v) is 6.30. The lowest BCUT2D eigenvalue weighted by Gasteiger charge is -2.08. The Morgan fingerprint density at radius 3 is 2.35 bits per heavy atom. The highest BCUT2D eigenvalue weighted by molar-refractivity contribution is 9.10. The minimum atomic E-state index is -4.32. The average Bonchev–Trinajstić information content (AvgIpc) is 2.73. The molecular weight excluding hydrogens is 353 g/mol. The van der Waals surface area contributed by atoms with Gasteiger partial charge in [-0.1, -0.05) is 15.9 Å². The number of ether oxygens (including phenoxy) is 1. The quantitative estimate of drug-likeness (QED) is 0.564. The monoisotopic (exact) mass is 360 g/mol. The van der Waals surface area contributed by atoms with Crippen molar-refractivity contribution in [2.45, 2.75) is 6.18 Å². The molecule has 0 radical (unpaired) electrons. The van der Waals surface area contributed by atoms with Crippen LogP contribution in [0.15, 0.2) is 40.9 Å². The van der Waals surface area contributed by atoms with Gasteiger partial charge in [0.25, 0.3) is 0 Å². The summed E-state index contributed by atoms with van der Waals surface area (Å²) in [7, 11) is 0. The van der Waals surface area contributed by atoms with Gasteiger partial charge in [0.15, 0.2) is 6.61 Å². The van der Waals surface area contributed by atoms with Gasteiger partial charge in [0.1, 0.15) is 5.75 Å². The number of thiophene rings is 1. The Hall–Kier alpha value is -1.27. The lowest BCUT2D eigenvalue weighted by Crippen LogP contribution is -2.19. The molecule has 0 saturated heterocycles. The van der Waals surface area contributed by atoms with Gasteiger partial charge in [-0.05, 0) is 36.4 Å². The number of alkyl halides is 3. The molecule has 0 fully saturated rings. The summed E-state index contributed by atoms with van der Waals surface area (Å²) in [5, 5.41) is 1.92. The van der Waals surface area contributed by atoms with E-state index in [0.717, 1.165) is 24.6 Å². The molecule has 1 heterocycles. The van der Waals surface area contributed by atoms with Crippen LogP contribution in [-0.4, -0.2) is 12.8 Å². The SMILES string of the molecule is FC(F)(F)COc1ccc2sc3ccc(Br)cc3c2c1. The predicted octanol–water partition coefficient (Wildman–Crippen LogP) is 5.76. The topological polar surface area (TPSA) is 9.23 Å². The summed E-state index contributed by atoms with van der Waals surface area (Å²) in [6.45, 7) is -1.27. The van der Waals surface area contributed by atoms with Crippen LogP contribution in [0.1, 0.15) is 0 Å². The Balaban J connectivity index is 2.05. The van der Waals surface area contributed by atoms with E-state index in [2.05, 4.69) is 15.9 Å². The van der Waals surface area contributed by atoms with Crippen molar-refractivity contribution in [2.24, 2.45) is 0 Å². The third kappa shape index (κ3) is 2.76. The van der Waals surface area contributed by atoms with Crippen LogP contribution in [0, 0.1) is 0 Å². The van der Waals surface area contributed by atoms with Gasteiger partial charge < -0.3 is 4.74 Å². The maximum absolute atomic E-state index is 12.2. The molecule has 0 aliphatic rings. The van der Waals surface area contributed by atoms with Crippen LogP contribution in [0.3, 0.4) is 0 Å². The first kappa shape index (κ1) is 13.7. The molecule has 3 rings (SSSR count). The fraction of sp³-hybridized carbons (Fsp3) is 0.143. The minimum Gasteiger partial charge on any atom is -0.484 e. The van der Waals surface area contributed by atoms with Crippen molar-refractivity contribution >= 4 is 47.4 Å². The van der Waals surface area contributed by atoms with E-state index in [9.17, 15) is 13.2 Å². The maximum atomic E-state index is 12.2. The minimum absolute atomic E-state index is 0.231. The van der Waals surface area contributed by atoms with Crippen molar-refractivity contribution in [1.29, 1.82) is 0 Å². The zero-order chi connectivity index (χ0) is 14.3. The van der Waals surface area contributed by atoms with Gasteiger partial charge in [0, 0.05) is 24.6 Å². The van der Waals surface area contributed by atoms with E-state index >= 15 is 0 Å². The summed E-state index contributed by atoms with van der Waals surface area (Å²) in [4.78, 5) is 0. The number of halogens is 4. The molecule has 0 bridgehead atoms. The van der Waals surface area contributed by atoms with Gasteiger partial charge in [-0.15, -0.1) is 11.3 Å². The van der Waals surface area contributed by atoms with Crippen LogP contribution in [0.25, 0.3) is 20.2 Å². The van der Waals surface area contributed by atoms with Gasteiger partial charge in [0.2, 0.25) is 0 Å². The van der Waals surface area contributed by atoms with Crippen molar-refractivity contribution in [3.05, 3.63) is 40.9 Å². The lowest BCUT2D eigenvalue weighted by molar-refractivity contribution is -0.153. The smallest absolute Gasteiger partial charge is 0.422 e. The van der Waals surface area contributed by atoms with E-state index in [4.69, 9.17) is 4.74 Å². The molecular formula is C14H8BrF3OS. The molecule has 3 aromatic rings. The molecule has 0 saturated carbocycles. The summed E-state index contributed by atoms with van der Waals surface area (Å²) in [5.41, 5.74) is 0. The molecule has 0 spiro atoms. The van der Waals surface area contributed by atoms with Crippen molar-refractivity contribution in [2.75, 3.05) is 6.61 Å². The van der Waals surface area contributed by atoms with E-state index in [1.165, 1.54) is 0 Å². The number of benzene rings is 2. The molecule has 20 heavy (non-hydrogen) atoms.